The van der Waals surface area contributed by atoms with Gasteiger partial charge in [0.05, 0.1) is 13.7 Å². The number of benzene rings is 2. The van der Waals surface area contributed by atoms with Gasteiger partial charge in [-0.2, -0.15) is 0 Å². The maximum Gasteiger partial charge on any atom is 0.342 e. The number of aromatic hydroxyl groups is 1. The predicted molar refractivity (Wildman–Crippen MR) is 93.0 cm³/mol. The van der Waals surface area contributed by atoms with Gasteiger partial charge in [0, 0.05) is 6.07 Å². The molecule has 1 aliphatic carbocycles. The summed E-state index contributed by atoms with van der Waals surface area (Å²) in [6.45, 7) is 0.595. The van der Waals surface area contributed by atoms with Gasteiger partial charge in [-0.3, -0.25) is 0 Å². The van der Waals surface area contributed by atoms with Gasteiger partial charge < -0.3 is 14.6 Å². The summed E-state index contributed by atoms with van der Waals surface area (Å²) in [4.78, 5) is 12.0. The van der Waals surface area contributed by atoms with E-state index in [0.717, 1.165) is 18.4 Å². The first-order chi connectivity index (χ1) is 12.1. The highest BCUT2D eigenvalue weighted by atomic mass is 19.1. The molecule has 0 unspecified atom stereocenters. The summed E-state index contributed by atoms with van der Waals surface area (Å²) in [6, 6.07) is 9.06. The molecule has 0 bridgehead atoms. The van der Waals surface area contributed by atoms with Crippen LogP contribution in [0.15, 0.2) is 36.4 Å². The third-order valence-electron chi connectivity index (χ3n) is 4.02. The maximum absolute atomic E-state index is 13.0. The van der Waals surface area contributed by atoms with E-state index < -0.39 is 5.97 Å². The van der Waals surface area contributed by atoms with Crippen LogP contribution in [0.4, 0.5) is 4.39 Å². The topological polar surface area (TPSA) is 55.8 Å². The molecule has 1 saturated carbocycles. The van der Waals surface area contributed by atoms with Gasteiger partial charge in [0.15, 0.2) is 0 Å². The lowest BCUT2D eigenvalue weighted by Crippen LogP contribution is -2.06. The van der Waals surface area contributed by atoms with Crippen LogP contribution in [0.3, 0.4) is 0 Å². The van der Waals surface area contributed by atoms with Crippen LogP contribution >= 0.6 is 0 Å². The molecule has 25 heavy (non-hydrogen) atoms. The van der Waals surface area contributed by atoms with Crippen molar-refractivity contribution in [3.05, 3.63) is 58.9 Å². The average molecular weight is 342 g/mol. The Balaban J connectivity index is 1.91. The molecule has 0 amide bonds. The van der Waals surface area contributed by atoms with Crippen LogP contribution in [0.1, 0.15) is 34.3 Å². The Morgan fingerprint density at radius 2 is 1.96 bits per heavy atom. The molecule has 1 aliphatic rings. The number of carbonyl (C=O) groups is 1. The van der Waals surface area contributed by atoms with E-state index in [1.165, 1.54) is 25.3 Å². The molecule has 1 N–H and O–H groups in total. The standard InChI is InChI=1S/C20H19FO4/c1-24-20(23)19-15(7-4-13-5-8-16(21)9-6-13)10-17(11-18(19)22)25-12-14-2-3-14/h4-11,14,22H,2-3,12H2,1H3. The number of hydrogen-bond acceptors (Lipinski definition) is 4. The van der Waals surface area contributed by atoms with E-state index in [9.17, 15) is 14.3 Å². The minimum Gasteiger partial charge on any atom is -0.507 e. The van der Waals surface area contributed by atoms with Crippen molar-refractivity contribution in [2.45, 2.75) is 12.8 Å². The van der Waals surface area contributed by atoms with Crippen LogP contribution in [0.5, 0.6) is 11.5 Å². The summed E-state index contributed by atoms with van der Waals surface area (Å²) in [5.41, 5.74) is 1.31. The second kappa shape index (κ2) is 7.38. The molecule has 4 nitrogen and oxygen atoms in total. The molecule has 2 aromatic carbocycles. The highest BCUT2D eigenvalue weighted by Crippen LogP contribution is 2.33. The van der Waals surface area contributed by atoms with Crippen molar-refractivity contribution >= 4 is 18.1 Å². The third kappa shape index (κ3) is 4.38. The fraction of sp³-hybridized carbons (Fsp3) is 0.250. The minimum absolute atomic E-state index is 0.0691. The lowest BCUT2D eigenvalue weighted by molar-refractivity contribution is 0.0597. The van der Waals surface area contributed by atoms with E-state index in [0.29, 0.717) is 23.8 Å². The highest BCUT2D eigenvalue weighted by molar-refractivity contribution is 5.98. The Labute approximate surface area is 145 Å². The summed E-state index contributed by atoms with van der Waals surface area (Å²) in [5, 5.41) is 10.2. The van der Waals surface area contributed by atoms with Gasteiger partial charge in [-0.25, -0.2) is 9.18 Å². The molecule has 0 saturated heterocycles. The van der Waals surface area contributed by atoms with Gasteiger partial charge in [0.25, 0.3) is 0 Å². The number of rotatable bonds is 6. The molecular formula is C20H19FO4. The largest absolute Gasteiger partial charge is 0.507 e. The zero-order chi connectivity index (χ0) is 17.8. The summed E-state index contributed by atoms with van der Waals surface area (Å²) in [6.07, 6.45) is 5.71. The Morgan fingerprint density at radius 1 is 1.24 bits per heavy atom. The van der Waals surface area contributed by atoms with Crippen LogP contribution < -0.4 is 4.74 Å². The molecule has 1 fully saturated rings. The Hall–Kier alpha value is -2.82. The molecule has 0 radical (unpaired) electrons. The number of carbonyl (C=O) groups excluding carboxylic acids is 1. The summed E-state index contributed by atoms with van der Waals surface area (Å²) in [5.74, 6) is -0.0825. The van der Waals surface area contributed by atoms with Crippen molar-refractivity contribution in [1.29, 1.82) is 0 Å². The number of esters is 1. The van der Waals surface area contributed by atoms with Crippen molar-refractivity contribution in [3.8, 4) is 11.5 Å². The van der Waals surface area contributed by atoms with E-state index in [1.54, 1.807) is 30.4 Å². The van der Waals surface area contributed by atoms with Crippen molar-refractivity contribution in [1.82, 2.24) is 0 Å². The van der Waals surface area contributed by atoms with Gasteiger partial charge in [0.1, 0.15) is 22.9 Å². The van der Waals surface area contributed by atoms with Crippen molar-refractivity contribution in [3.63, 3.8) is 0 Å². The second-order valence-corrected chi connectivity index (χ2v) is 6.04. The molecule has 0 heterocycles. The average Bonchev–Trinajstić information content (AvgIpc) is 3.43. The molecule has 3 rings (SSSR count). The van der Waals surface area contributed by atoms with E-state index in [2.05, 4.69) is 0 Å². The number of methoxy groups -OCH3 is 1. The SMILES string of the molecule is COC(=O)c1c(O)cc(OCC2CC2)cc1C=Cc1ccc(F)cc1. The van der Waals surface area contributed by atoms with Crippen LogP contribution in [-0.2, 0) is 4.74 Å². The van der Waals surface area contributed by atoms with Gasteiger partial charge in [-0.15, -0.1) is 0 Å². The molecular weight excluding hydrogens is 323 g/mol. The Bertz CT molecular complexity index is 792. The van der Waals surface area contributed by atoms with Gasteiger partial charge >= 0.3 is 5.97 Å². The monoisotopic (exact) mass is 342 g/mol. The summed E-state index contributed by atoms with van der Waals surface area (Å²) in [7, 11) is 1.26. The van der Waals surface area contributed by atoms with E-state index in [1.807, 2.05) is 0 Å². The second-order valence-electron chi connectivity index (χ2n) is 6.04. The van der Waals surface area contributed by atoms with E-state index >= 15 is 0 Å². The van der Waals surface area contributed by atoms with Gasteiger partial charge in [-0.05, 0) is 48.1 Å². The first-order valence-corrected chi connectivity index (χ1v) is 8.08. The molecule has 0 atom stereocenters. The summed E-state index contributed by atoms with van der Waals surface area (Å²) < 4.78 is 23.4. The quantitative estimate of drug-likeness (QED) is 0.629. The number of phenols is 1. The van der Waals surface area contributed by atoms with Gasteiger partial charge in [-0.1, -0.05) is 24.3 Å². The number of phenolic OH excluding ortho intramolecular Hbond substituents is 1. The first kappa shape index (κ1) is 17.0. The molecule has 0 aromatic heterocycles. The molecule has 0 spiro atoms. The number of hydrogen-bond donors (Lipinski definition) is 1. The fourth-order valence-electron chi connectivity index (χ4n) is 2.42. The van der Waals surface area contributed by atoms with Crippen molar-refractivity contribution in [2.24, 2.45) is 5.92 Å². The van der Waals surface area contributed by atoms with E-state index in [-0.39, 0.29) is 17.1 Å². The smallest absolute Gasteiger partial charge is 0.342 e. The lowest BCUT2D eigenvalue weighted by atomic mass is 10.0. The van der Waals surface area contributed by atoms with Crippen LogP contribution in [0.25, 0.3) is 12.2 Å². The summed E-state index contributed by atoms with van der Waals surface area (Å²) >= 11 is 0. The van der Waals surface area contributed by atoms with Crippen LogP contribution in [0.2, 0.25) is 0 Å². The molecule has 2 aromatic rings. The van der Waals surface area contributed by atoms with Crippen LogP contribution in [-0.4, -0.2) is 24.8 Å². The predicted octanol–water partition coefficient (Wildman–Crippen LogP) is 4.28. The number of halogens is 1. The highest BCUT2D eigenvalue weighted by Gasteiger charge is 2.23. The molecule has 0 aliphatic heterocycles. The van der Waals surface area contributed by atoms with E-state index in [4.69, 9.17) is 9.47 Å². The van der Waals surface area contributed by atoms with Crippen molar-refractivity contribution in [2.75, 3.05) is 13.7 Å². The first-order valence-electron chi connectivity index (χ1n) is 8.08. The Kier molecular flexibility index (Phi) is 5.03. The third-order valence-corrected chi connectivity index (χ3v) is 4.02. The lowest BCUT2D eigenvalue weighted by Gasteiger charge is -2.11. The normalized spacial score (nSPS) is 13.8. The zero-order valence-electron chi connectivity index (χ0n) is 13.9. The molecule has 130 valence electrons. The Morgan fingerprint density at radius 3 is 2.60 bits per heavy atom. The van der Waals surface area contributed by atoms with Gasteiger partial charge in [0.2, 0.25) is 0 Å². The van der Waals surface area contributed by atoms with Crippen molar-refractivity contribution < 1.29 is 23.8 Å². The van der Waals surface area contributed by atoms with Crippen LogP contribution in [0, 0.1) is 11.7 Å². The molecule has 5 heteroatoms. The minimum atomic E-state index is -0.634. The maximum atomic E-state index is 13.0. The number of ether oxygens (including phenoxy) is 2. The zero-order valence-corrected chi connectivity index (χ0v) is 13.9. The fourth-order valence-corrected chi connectivity index (χ4v) is 2.42.